The summed E-state index contributed by atoms with van der Waals surface area (Å²) < 4.78 is 0. The average Bonchev–Trinajstić information content (AvgIpc) is 2.88. The molecule has 0 spiro atoms. The molecule has 1 fully saturated rings. The third-order valence-electron chi connectivity index (χ3n) is 6.39. The van der Waals surface area contributed by atoms with E-state index in [-0.39, 0.29) is 51.6 Å². The van der Waals surface area contributed by atoms with E-state index in [4.69, 9.17) is 11.6 Å². The maximum absolute atomic E-state index is 13.3. The van der Waals surface area contributed by atoms with Crippen molar-refractivity contribution in [1.29, 1.82) is 0 Å². The smallest absolute Gasteiger partial charge is 0.255 e. The molecule has 0 N–H and O–H groups in total. The zero-order valence-electron chi connectivity index (χ0n) is 18.9. The second-order valence-corrected chi connectivity index (χ2v) is 8.84. The first kappa shape index (κ1) is 24.9. The zero-order chi connectivity index (χ0) is 23.7. The highest BCUT2D eigenvalue weighted by Gasteiger charge is 2.34. The van der Waals surface area contributed by atoms with Crippen molar-refractivity contribution in [3.63, 3.8) is 0 Å². The quantitative estimate of drug-likeness (QED) is 0.390. The van der Waals surface area contributed by atoms with Crippen LogP contribution < -0.4 is 0 Å². The minimum Gasteiger partial charge on any atom is -0.336 e. The minimum absolute atomic E-state index is 0. The van der Waals surface area contributed by atoms with Gasteiger partial charge in [0.25, 0.3) is 5.91 Å². The Labute approximate surface area is 215 Å². The lowest BCUT2D eigenvalue weighted by atomic mass is 9.83. The number of carbonyl (C=O) groups is 3. The Morgan fingerprint density at radius 2 is 1.43 bits per heavy atom. The van der Waals surface area contributed by atoms with Crippen LogP contribution >= 0.6 is 24.0 Å². The van der Waals surface area contributed by atoms with Crippen LogP contribution in [0.4, 0.5) is 0 Å². The standard InChI is InChI=1S/C28H23ClN2O3.ClH/c29-25-23(13-12-22-24(25)27(33)21-11-5-4-10-20(21)26(22)32)28(34)31-17-15-30(16-18-31)14-6-9-19-7-2-1-3-8-19;/h1-13H,14-18H2;1H. The third kappa shape index (κ3) is 4.80. The summed E-state index contributed by atoms with van der Waals surface area (Å²) in [5.41, 5.74) is 2.49. The van der Waals surface area contributed by atoms with E-state index in [0.717, 1.165) is 25.2 Å². The highest BCUT2D eigenvalue weighted by Crippen LogP contribution is 2.34. The van der Waals surface area contributed by atoms with Crippen molar-refractivity contribution in [2.75, 3.05) is 32.7 Å². The summed E-state index contributed by atoms with van der Waals surface area (Å²) in [7, 11) is 0. The van der Waals surface area contributed by atoms with E-state index in [1.165, 1.54) is 0 Å². The van der Waals surface area contributed by atoms with Crippen LogP contribution in [0.5, 0.6) is 0 Å². The molecule has 1 aliphatic heterocycles. The summed E-state index contributed by atoms with van der Waals surface area (Å²) in [5.74, 6) is -0.783. The number of hydrogen-bond acceptors (Lipinski definition) is 4. The minimum atomic E-state index is -0.320. The summed E-state index contributed by atoms with van der Waals surface area (Å²) in [6, 6.07) is 20.0. The molecule has 5 nitrogen and oxygen atoms in total. The largest absolute Gasteiger partial charge is 0.336 e. The number of halogens is 2. The van der Waals surface area contributed by atoms with Crippen molar-refractivity contribution in [2.45, 2.75) is 0 Å². The molecule has 1 saturated heterocycles. The van der Waals surface area contributed by atoms with Gasteiger partial charge in [0.15, 0.2) is 11.6 Å². The molecule has 178 valence electrons. The molecule has 5 rings (SSSR count). The first-order valence-electron chi connectivity index (χ1n) is 11.3. The van der Waals surface area contributed by atoms with Crippen molar-refractivity contribution in [2.24, 2.45) is 0 Å². The molecule has 1 aliphatic carbocycles. The second-order valence-electron chi connectivity index (χ2n) is 8.46. The normalized spacial score (nSPS) is 15.5. The molecule has 1 amide bonds. The fourth-order valence-corrected chi connectivity index (χ4v) is 4.85. The average molecular weight is 507 g/mol. The molecule has 2 aliphatic rings. The van der Waals surface area contributed by atoms with Crippen LogP contribution in [0.3, 0.4) is 0 Å². The number of carbonyl (C=O) groups excluding carboxylic acids is 3. The highest BCUT2D eigenvalue weighted by atomic mass is 35.5. The number of hydrogen-bond donors (Lipinski definition) is 0. The summed E-state index contributed by atoms with van der Waals surface area (Å²) >= 11 is 6.58. The van der Waals surface area contributed by atoms with Crippen LogP contribution in [0.1, 0.15) is 47.8 Å². The molecule has 0 atom stereocenters. The van der Waals surface area contributed by atoms with Gasteiger partial charge in [0.1, 0.15) is 0 Å². The van der Waals surface area contributed by atoms with Gasteiger partial charge < -0.3 is 4.90 Å². The van der Waals surface area contributed by atoms with E-state index in [9.17, 15) is 14.4 Å². The Hall–Kier alpha value is -3.25. The number of benzene rings is 3. The van der Waals surface area contributed by atoms with Gasteiger partial charge in [-0.2, -0.15) is 0 Å². The monoisotopic (exact) mass is 506 g/mol. The number of ketones is 2. The molecule has 3 aromatic rings. The van der Waals surface area contributed by atoms with Gasteiger partial charge in [-0.3, -0.25) is 19.3 Å². The van der Waals surface area contributed by atoms with Gasteiger partial charge >= 0.3 is 0 Å². The van der Waals surface area contributed by atoms with E-state index in [0.29, 0.717) is 24.2 Å². The van der Waals surface area contributed by atoms with E-state index < -0.39 is 0 Å². The molecule has 0 unspecified atom stereocenters. The molecular weight excluding hydrogens is 483 g/mol. The maximum Gasteiger partial charge on any atom is 0.255 e. The molecule has 0 radical (unpaired) electrons. The first-order chi connectivity index (χ1) is 16.5. The number of amides is 1. The van der Waals surface area contributed by atoms with E-state index in [2.05, 4.69) is 29.2 Å². The lowest BCUT2D eigenvalue weighted by molar-refractivity contribution is 0.0650. The van der Waals surface area contributed by atoms with E-state index in [1.807, 2.05) is 18.2 Å². The molecule has 0 saturated carbocycles. The summed E-state index contributed by atoms with van der Waals surface area (Å²) in [6.07, 6.45) is 4.23. The van der Waals surface area contributed by atoms with Crippen molar-refractivity contribution >= 4 is 47.6 Å². The predicted molar refractivity (Wildman–Crippen MR) is 140 cm³/mol. The molecule has 0 aromatic heterocycles. The Morgan fingerprint density at radius 1 is 0.800 bits per heavy atom. The number of piperazine rings is 1. The molecule has 7 heteroatoms. The summed E-state index contributed by atoms with van der Waals surface area (Å²) in [5, 5.41) is 0.0589. The van der Waals surface area contributed by atoms with Crippen molar-refractivity contribution in [3.8, 4) is 0 Å². The second kappa shape index (κ2) is 10.6. The topological polar surface area (TPSA) is 57.7 Å². The Kier molecular flexibility index (Phi) is 7.51. The molecule has 0 bridgehead atoms. The molecular formula is C28H24Cl2N2O3. The number of fused-ring (bicyclic) bond motifs is 2. The SMILES string of the molecule is Cl.O=C1c2ccccc2C(=O)c2c1ccc(C(=O)N1CCN(CC=Cc3ccccc3)CC1)c2Cl. The molecule has 3 aromatic carbocycles. The fraction of sp³-hybridized carbons (Fsp3) is 0.179. The predicted octanol–water partition coefficient (Wildman–Crippen LogP) is 5.01. The lowest BCUT2D eigenvalue weighted by Crippen LogP contribution is -2.48. The zero-order valence-corrected chi connectivity index (χ0v) is 20.5. The Bertz CT molecular complexity index is 1310. The van der Waals surface area contributed by atoms with E-state index in [1.54, 1.807) is 41.3 Å². The third-order valence-corrected chi connectivity index (χ3v) is 6.79. The lowest BCUT2D eigenvalue weighted by Gasteiger charge is -2.34. The van der Waals surface area contributed by atoms with Crippen LogP contribution in [-0.2, 0) is 0 Å². The number of rotatable bonds is 4. The summed E-state index contributed by atoms with van der Waals surface area (Å²) in [6.45, 7) is 3.45. The first-order valence-corrected chi connectivity index (χ1v) is 11.7. The van der Waals surface area contributed by atoms with Crippen molar-refractivity contribution in [3.05, 3.63) is 111 Å². The Balaban J connectivity index is 0.00000289. The maximum atomic E-state index is 13.3. The molecule has 35 heavy (non-hydrogen) atoms. The van der Waals surface area contributed by atoms with Crippen molar-refractivity contribution < 1.29 is 14.4 Å². The van der Waals surface area contributed by atoms with Crippen LogP contribution in [0.25, 0.3) is 6.08 Å². The Morgan fingerprint density at radius 3 is 2.11 bits per heavy atom. The number of nitrogens with zero attached hydrogens (tertiary/aromatic N) is 2. The summed E-state index contributed by atoms with van der Waals surface area (Å²) in [4.78, 5) is 43.3. The van der Waals surface area contributed by atoms with Crippen LogP contribution in [0, 0.1) is 0 Å². The van der Waals surface area contributed by atoms with Gasteiger partial charge in [-0.15, -0.1) is 12.4 Å². The van der Waals surface area contributed by atoms with Gasteiger partial charge in [-0.05, 0) is 17.7 Å². The van der Waals surface area contributed by atoms with Gasteiger partial charge in [0, 0.05) is 49.4 Å². The van der Waals surface area contributed by atoms with Gasteiger partial charge in [-0.1, -0.05) is 78.4 Å². The van der Waals surface area contributed by atoms with Gasteiger partial charge in [0.2, 0.25) is 0 Å². The molecule has 1 heterocycles. The van der Waals surface area contributed by atoms with Crippen LogP contribution in [0.2, 0.25) is 5.02 Å². The fourth-order valence-electron chi connectivity index (χ4n) is 4.52. The highest BCUT2D eigenvalue weighted by molar-refractivity contribution is 6.41. The van der Waals surface area contributed by atoms with Gasteiger partial charge in [0.05, 0.1) is 16.1 Å². The van der Waals surface area contributed by atoms with Crippen LogP contribution in [0.15, 0.2) is 72.8 Å². The van der Waals surface area contributed by atoms with E-state index >= 15 is 0 Å². The van der Waals surface area contributed by atoms with Crippen molar-refractivity contribution in [1.82, 2.24) is 9.80 Å². The van der Waals surface area contributed by atoms with Gasteiger partial charge in [-0.25, -0.2) is 0 Å². The van der Waals surface area contributed by atoms with Crippen LogP contribution in [-0.4, -0.2) is 60.0 Å².